The first-order valence-electron chi connectivity index (χ1n) is 10.7. The van der Waals surface area contributed by atoms with Gasteiger partial charge >= 0.3 is 5.97 Å². The smallest absolute Gasteiger partial charge is 0.335 e. The van der Waals surface area contributed by atoms with Crippen molar-refractivity contribution < 1.29 is 19.4 Å². The second-order valence-electron chi connectivity index (χ2n) is 8.05. The minimum absolute atomic E-state index is 0.126. The molecule has 2 heterocycles. The van der Waals surface area contributed by atoms with Crippen LogP contribution in [0.25, 0.3) is 10.9 Å². The summed E-state index contributed by atoms with van der Waals surface area (Å²) in [6, 6.07) is 9.40. The number of aryl methyl sites for hydroxylation is 1. The number of piperidine rings is 1. The molecule has 164 valence electrons. The van der Waals surface area contributed by atoms with Gasteiger partial charge in [-0.1, -0.05) is 12.1 Å². The number of carboxylic acid groups (broad SMARTS) is 1. The van der Waals surface area contributed by atoms with Crippen LogP contribution < -0.4 is 4.74 Å². The lowest BCUT2D eigenvalue weighted by molar-refractivity contribution is -0.0138. The number of ether oxygens (including phenoxy) is 2. The van der Waals surface area contributed by atoms with Crippen LogP contribution in [0.3, 0.4) is 0 Å². The summed E-state index contributed by atoms with van der Waals surface area (Å²) in [6.07, 6.45) is 3.88. The summed E-state index contributed by atoms with van der Waals surface area (Å²) < 4.78 is 11.7. The highest BCUT2D eigenvalue weighted by atomic mass is 16.5. The Hall–Kier alpha value is -2.90. The van der Waals surface area contributed by atoms with Crippen LogP contribution in [-0.4, -0.2) is 52.5 Å². The maximum absolute atomic E-state index is 11.3. The molecule has 7 nitrogen and oxygen atoms in total. The van der Waals surface area contributed by atoms with Crippen LogP contribution >= 0.6 is 0 Å². The number of benzene rings is 2. The molecule has 0 spiro atoms. The van der Waals surface area contributed by atoms with E-state index in [0.29, 0.717) is 18.7 Å². The zero-order valence-corrected chi connectivity index (χ0v) is 18.2. The summed E-state index contributed by atoms with van der Waals surface area (Å²) in [4.78, 5) is 13.7. The Morgan fingerprint density at radius 1 is 1.32 bits per heavy atom. The first-order chi connectivity index (χ1) is 15.0. The van der Waals surface area contributed by atoms with Gasteiger partial charge in [0.2, 0.25) is 0 Å². The number of aromatic carboxylic acids is 1. The molecule has 0 amide bonds. The predicted octanol–water partition coefficient (Wildman–Crippen LogP) is 4.32. The molecule has 2 N–H and O–H groups in total. The molecular formula is C24H29N3O4. The number of rotatable bonds is 7. The predicted molar refractivity (Wildman–Crippen MR) is 119 cm³/mol. The number of hydrogen-bond donors (Lipinski definition) is 2. The Labute approximate surface area is 182 Å². The van der Waals surface area contributed by atoms with E-state index in [9.17, 15) is 9.90 Å². The summed E-state index contributed by atoms with van der Waals surface area (Å²) in [5, 5.41) is 17.7. The van der Waals surface area contributed by atoms with Crippen molar-refractivity contribution in [3.8, 4) is 5.75 Å². The minimum atomic E-state index is -0.911. The molecule has 0 bridgehead atoms. The van der Waals surface area contributed by atoms with Gasteiger partial charge in [-0.05, 0) is 56.0 Å². The zero-order valence-electron chi connectivity index (χ0n) is 18.2. The summed E-state index contributed by atoms with van der Waals surface area (Å²) in [6.45, 7) is 6.36. The van der Waals surface area contributed by atoms with Crippen molar-refractivity contribution in [1.29, 1.82) is 0 Å². The second kappa shape index (κ2) is 9.08. The molecule has 1 aromatic heterocycles. The third kappa shape index (κ3) is 4.29. The molecule has 0 radical (unpaired) electrons. The first-order valence-corrected chi connectivity index (χ1v) is 10.7. The maximum atomic E-state index is 11.3. The average molecular weight is 424 g/mol. The lowest BCUT2D eigenvalue weighted by atomic mass is 9.91. The van der Waals surface area contributed by atoms with E-state index in [1.54, 1.807) is 19.2 Å². The van der Waals surface area contributed by atoms with Crippen LogP contribution in [0.1, 0.15) is 52.9 Å². The van der Waals surface area contributed by atoms with Gasteiger partial charge in [-0.15, -0.1) is 0 Å². The van der Waals surface area contributed by atoms with Crippen LogP contribution in [0.2, 0.25) is 0 Å². The molecule has 31 heavy (non-hydrogen) atoms. The van der Waals surface area contributed by atoms with Crippen LogP contribution in [0, 0.1) is 6.92 Å². The molecule has 3 aromatic rings. The van der Waals surface area contributed by atoms with Crippen molar-refractivity contribution in [1.82, 2.24) is 15.1 Å². The number of hydrogen-bond acceptors (Lipinski definition) is 5. The zero-order chi connectivity index (χ0) is 22.0. The Morgan fingerprint density at radius 2 is 2.10 bits per heavy atom. The van der Waals surface area contributed by atoms with E-state index in [0.717, 1.165) is 52.7 Å². The quantitative estimate of drug-likeness (QED) is 0.588. The molecular weight excluding hydrogens is 394 g/mol. The van der Waals surface area contributed by atoms with Gasteiger partial charge in [-0.25, -0.2) is 4.79 Å². The lowest BCUT2D eigenvalue weighted by Crippen LogP contribution is -2.39. The second-order valence-corrected chi connectivity index (χ2v) is 8.05. The highest BCUT2D eigenvalue weighted by Gasteiger charge is 2.31. The highest BCUT2D eigenvalue weighted by molar-refractivity contribution is 5.88. The van der Waals surface area contributed by atoms with E-state index in [1.807, 2.05) is 32.2 Å². The van der Waals surface area contributed by atoms with Gasteiger partial charge in [0.05, 0.1) is 30.5 Å². The first kappa shape index (κ1) is 21.3. The highest BCUT2D eigenvalue weighted by Crippen LogP contribution is 2.37. The van der Waals surface area contributed by atoms with E-state index in [-0.39, 0.29) is 12.1 Å². The summed E-state index contributed by atoms with van der Waals surface area (Å²) in [7, 11) is 1.70. The van der Waals surface area contributed by atoms with Crippen molar-refractivity contribution in [2.24, 2.45) is 0 Å². The molecule has 1 fully saturated rings. The van der Waals surface area contributed by atoms with Gasteiger partial charge in [0, 0.05) is 36.7 Å². The lowest BCUT2D eigenvalue weighted by Gasteiger charge is -2.40. The fraction of sp³-hybridized carbons (Fsp3) is 0.417. The number of aromatic nitrogens is 2. The molecule has 1 aliphatic heterocycles. The number of fused-ring (bicyclic) bond motifs is 1. The number of carboxylic acids is 1. The molecule has 0 aliphatic carbocycles. The molecule has 0 saturated carbocycles. The van der Waals surface area contributed by atoms with Crippen molar-refractivity contribution in [3.05, 3.63) is 58.8 Å². The van der Waals surface area contributed by atoms with Gasteiger partial charge < -0.3 is 14.6 Å². The van der Waals surface area contributed by atoms with Gasteiger partial charge in [0.25, 0.3) is 0 Å². The van der Waals surface area contributed by atoms with E-state index in [1.165, 1.54) is 0 Å². The van der Waals surface area contributed by atoms with Gasteiger partial charge in [0.1, 0.15) is 5.75 Å². The Balaban J connectivity index is 1.69. The van der Waals surface area contributed by atoms with E-state index in [2.05, 4.69) is 21.2 Å². The van der Waals surface area contributed by atoms with Crippen molar-refractivity contribution >= 4 is 16.9 Å². The summed E-state index contributed by atoms with van der Waals surface area (Å²) >= 11 is 0. The van der Waals surface area contributed by atoms with Crippen LogP contribution in [0.4, 0.5) is 0 Å². The molecule has 0 unspecified atom stereocenters. The van der Waals surface area contributed by atoms with E-state index in [4.69, 9.17) is 9.47 Å². The number of methoxy groups -OCH3 is 1. The minimum Gasteiger partial charge on any atom is -0.496 e. The molecule has 4 rings (SSSR count). The number of aromatic amines is 1. The molecule has 2 atom stereocenters. The largest absolute Gasteiger partial charge is 0.496 e. The van der Waals surface area contributed by atoms with E-state index >= 15 is 0 Å². The third-order valence-corrected chi connectivity index (χ3v) is 6.19. The number of carbonyl (C=O) groups is 1. The molecule has 1 saturated heterocycles. The van der Waals surface area contributed by atoms with Crippen LogP contribution in [0.15, 0.2) is 36.5 Å². The third-order valence-electron chi connectivity index (χ3n) is 6.19. The van der Waals surface area contributed by atoms with Crippen LogP contribution in [0.5, 0.6) is 5.75 Å². The fourth-order valence-corrected chi connectivity index (χ4v) is 4.61. The summed E-state index contributed by atoms with van der Waals surface area (Å²) in [5.74, 6) is -0.0516. The molecule has 2 aromatic carbocycles. The van der Waals surface area contributed by atoms with Gasteiger partial charge in [-0.2, -0.15) is 5.10 Å². The summed E-state index contributed by atoms with van der Waals surface area (Å²) in [5.41, 5.74) is 4.64. The Kier molecular flexibility index (Phi) is 6.25. The SMILES string of the molecule is CCO[C@H]1CCN(Cc2c(OC)cc(C)c3[nH]ncc23)[C@H](c2ccc(C(=O)O)cc2)C1. The number of likely N-dealkylation sites (tertiary alicyclic amines) is 1. The monoisotopic (exact) mass is 423 g/mol. The fourth-order valence-electron chi connectivity index (χ4n) is 4.61. The number of nitrogens with zero attached hydrogens (tertiary/aromatic N) is 2. The maximum Gasteiger partial charge on any atom is 0.335 e. The number of H-pyrrole nitrogens is 1. The Morgan fingerprint density at radius 3 is 2.77 bits per heavy atom. The average Bonchev–Trinajstić information content (AvgIpc) is 3.27. The number of nitrogens with one attached hydrogen (secondary N) is 1. The van der Waals surface area contributed by atoms with Gasteiger partial charge in [0.15, 0.2) is 0 Å². The van der Waals surface area contributed by atoms with Crippen LogP contribution in [-0.2, 0) is 11.3 Å². The normalized spacial score (nSPS) is 19.6. The van der Waals surface area contributed by atoms with Crippen molar-refractivity contribution in [2.45, 2.75) is 45.4 Å². The Bertz CT molecular complexity index is 1060. The van der Waals surface area contributed by atoms with E-state index < -0.39 is 5.97 Å². The van der Waals surface area contributed by atoms with Crippen molar-refractivity contribution in [2.75, 3.05) is 20.3 Å². The molecule has 7 heteroatoms. The standard InChI is InChI=1S/C24H29N3O4/c1-4-31-18-9-10-27(21(12-18)16-5-7-17(8-6-16)24(28)29)14-20-19-13-25-26-23(19)15(2)11-22(20)30-3/h5-8,11,13,18,21H,4,9-10,12,14H2,1-3H3,(H,25,26)(H,28,29)/t18-,21-/m0/s1. The topological polar surface area (TPSA) is 87.7 Å². The van der Waals surface area contributed by atoms with Crippen molar-refractivity contribution in [3.63, 3.8) is 0 Å². The van der Waals surface area contributed by atoms with Gasteiger partial charge in [-0.3, -0.25) is 10.00 Å². The molecule has 1 aliphatic rings.